The van der Waals surface area contributed by atoms with E-state index in [0.29, 0.717) is 50.6 Å². The van der Waals surface area contributed by atoms with Crippen LogP contribution in [0.15, 0.2) is 41.2 Å². The standard InChI is InChI=1S/C24H27N5O3/c1-16-12-19(15-26-24(16)20-6-7-25-17(2)13-20)4-5-22(31)21-14-23(32-27-21)29-10-8-28(9-11-29)18(3)30/h6-7,12-15H,4-5,8-11H2,1-3H3. The molecule has 0 saturated carbocycles. The lowest BCUT2D eigenvalue weighted by Crippen LogP contribution is -2.48. The Kier molecular flexibility index (Phi) is 6.30. The number of anilines is 1. The largest absolute Gasteiger partial charge is 0.339 e. The van der Waals surface area contributed by atoms with Crippen LogP contribution in [-0.2, 0) is 11.2 Å². The molecule has 0 bridgehead atoms. The number of amides is 1. The molecule has 0 unspecified atom stereocenters. The topological polar surface area (TPSA) is 92.4 Å². The van der Waals surface area contributed by atoms with Crippen LogP contribution in [0, 0.1) is 13.8 Å². The summed E-state index contributed by atoms with van der Waals surface area (Å²) < 4.78 is 5.40. The van der Waals surface area contributed by atoms with Crippen molar-refractivity contribution in [2.75, 3.05) is 31.1 Å². The van der Waals surface area contributed by atoms with Gasteiger partial charge in [-0.2, -0.15) is 0 Å². The fraction of sp³-hybridized carbons (Fsp3) is 0.375. The van der Waals surface area contributed by atoms with E-state index in [-0.39, 0.29) is 11.7 Å². The summed E-state index contributed by atoms with van der Waals surface area (Å²) in [5.74, 6) is 0.589. The lowest BCUT2D eigenvalue weighted by atomic mass is 10.0. The monoisotopic (exact) mass is 433 g/mol. The van der Waals surface area contributed by atoms with E-state index in [1.54, 1.807) is 24.1 Å². The van der Waals surface area contributed by atoms with Crippen LogP contribution in [0.4, 0.5) is 5.88 Å². The molecule has 32 heavy (non-hydrogen) atoms. The highest BCUT2D eigenvalue weighted by atomic mass is 16.5. The molecule has 0 spiro atoms. The van der Waals surface area contributed by atoms with Crippen LogP contribution in [0.2, 0.25) is 0 Å². The fourth-order valence-electron chi connectivity index (χ4n) is 3.94. The minimum absolute atomic E-state index is 0.0612. The van der Waals surface area contributed by atoms with Crippen molar-refractivity contribution in [2.24, 2.45) is 0 Å². The molecular weight excluding hydrogens is 406 g/mol. The quantitative estimate of drug-likeness (QED) is 0.551. The number of carbonyl (C=O) groups is 2. The van der Waals surface area contributed by atoms with Crippen LogP contribution in [-0.4, -0.2) is 57.9 Å². The van der Waals surface area contributed by atoms with Crippen molar-refractivity contribution in [2.45, 2.75) is 33.6 Å². The first-order valence-corrected chi connectivity index (χ1v) is 10.8. The summed E-state index contributed by atoms with van der Waals surface area (Å²) in [6, 6.07) is 7.74. The van der Waals surface area contributed by atoms with Crippen molar-refractivity contribution in [3.05, 3.63) is 59.2 Å². The Morgan fingerprint density at radius 2 is 1.84 bits per heavy atom. The van der Waals surface area contributed by atoms with E-state index >= 15 is 0 Å². The van der Waals surface area contributed by atoms with E-state index < -0.39 is 0 Å². The van der Waals surface area contributed by atoms with E-state index in [0.717, 1.165) is 28.1 Å². The molecule has 166 valence electrons. The minimum Gasteiger partial charge on any atom is -0.339 e. The number of carbonyl (C=O) groups excluding carboxylic acids is 2. The van der Waals surface area contributed by atoms with Gasteiger partial charge >= 0.3 is 0 Å². The Bertz CT molecular complexity index is 1130. The number of pyridine rings is 2. The molecule has 3 aromatic rings. The van der Waals surface area contributed by atoms with Crippen molar-refractivity contribution >= 4 is 17.6 Å². The molecule has 0 radical (unpaired) electrons. The minimum atomic E-state index is -0.0612. The maximum Gasteiger partial charge on any atom is 0.228 e. The molecule has 4 heterocycles. The molecule has 1 amide bonds. The molecule has 1 aliphatic rings. The Morgan fingerprint density at radius 1 is 1.06 bits per heavy atom. The summed E-state index contributed by atoms with van der Waals surface area (Å²) in [6.07, 6.45) is 4.53. The molecule has 0 N–H and O–H groups in total. The molecule has 3 aromatic heterocycles. The maximum atomic E-state index is 12.6. The number of aryl methyl sites for hydroxylation is 3. The predicted molar refractivity (Wildman–Crippen MR) is 121 cm³/mol. The van der Waals surface area contributed by atoms with Crippen molar-refractivity contribution < 1.29 is 14.1 Å². The number of nitrogens with zero attached hydrogens (tertiary/aromatic N) is 5. The zero-order valence-corrected chi connectivity index (χ0v) is 18.7. The van der Waals surface area contributed by atoms with Crippen LogP contribution in [0.25, 0.3) is 11.3 Å². The Hall–Kier alpha value is -3.55. The van der Waals surface area contributed by atoms with Crippen LogP contribution in [0.1, 0.15) is 40.7 Å². The van der Waals surface area contributed by atoms with Gasteiger partial charge in [0.2, 0.25) is 11.8 Å². The van der Waals surface area contributed by atoms with Crippen molar-refractivity contribution in [3.63, 3.8) is 0 Å². The zero-order valence-electron chi connectivity index (χ0n) is 18.7. The SMILES string of the molecule is CC(=O)N1CCN(c2cc(C(=O)CCc3cnc(-c4ccnc(C)c4)c(C)c3)no2)CC1. The molecule has 0 atom stereocenters. The summed E-state index contributed by atoms with van der Waals surface area (Å²) in [5, 5.41) is 3.97. The van der Waals surface area contributed by atoms with E-state index in [2.05, 4.69) is 21.2 Å². The van der Waals surface area contributed by atoms with Gasteiger partial charge in [0.05, 0.1) is 5.69 Å². The zero-order chi connectivity index (χ0) is 22.7. The fourth-order valence-corrected chi connectivity index (χ4v) is 3.94. The summed E-state index contributed by atoms with van der Waals surface area (Å²) in [4.78, 5) is 36.8. The molecule has 8 heteroatoms. The smallest absolute Gasteiger partial charge is 0.228 e. The normalized spacial score (nSPS) is 14.0. The summed E-state index contributed by atoms with van der Waals surface area (Å²) in [6.45, 7) is 8.17. The predicted octanol–water partition coefficient (Wildman–Crippen LogP) is 3.23. The number of rotatable bonds is 6. The van der Waals surface area contributed by atoms with Gasteiger partial charge in [0.15, 0.2) is 11.5 Å². The van der Waals surface area contributed by atoms with Crippen molar-refractivity contribution in [3.8, 4) is 11.3 Å². The van der Waals surface area contributed by atoms with E-state index in [9.17, 15) is 9.59 Å². The molecule has 1 fully saturated rings. The lowest BCUT2D eigenvalue weighted by Gasteiger charge is -2.33. The van der Waals surface area contributed by atoms with Gasteiger partial charge in [0.25, 0.3) is 0 Å². The van der Waals surface area contributed by atoms with E-state index in [1.165, 1.54) is 0 Å². The van der Waals surface area contributed by atoms with E-state index in [4.69, 9.17) is 4.52 Å². The van der Waals surface area contributed by atoms with Gasteiger partial charge in [-0.3, -0.25) is 19.6 Å². The van der Waals surface area contributed by atoms with E-state index in [1.807, 2.05) is 37.1 Å². The first-order chi connectivity index (χ1) is 15.4. The highest BCUT2D eigenvalue weighted by molar-refractivity contribution is 5.94. The number of Topliss-reactive ketones (excluding diaryl/α,β-unsaturated/α-hetero) is 1. The Balaban J connectivity index is 1.35. The second-order valence-electron chi connectivity index (χ2n) is 8.16. The Labute approximate surface area is 187 Å². The molecular formula is C24H27N5O3. The second kappa shape index (κ2) is 9.30. The molecule has 0 aromatic carbocycles. The van der Waals surface area contributed by atoms with Crippen LogP contribution < -0.4 is 4.90 Å². The molecule has 1 aliphatic heterocycles. The van der Waals surface area contributed by atoms with Crippen LogP contribution >= 0.6 is 0 Å². The number of piperazine rings is 1. The lowest BCUT2D eigenvalue weighted by molar-refractivity contribution is -0.129. The molecule has 0 aliphatic carbocycles. The van der Waals surface area contributed by atoms with Crippen LogP contribution in [0.3, 0.4) is 0 Å². The van der Waals surface area contributed by atoms with Gasteiger partial charge in [-0.05, 0) is 43.5 Å². The highest BCUT2D eigenvalue weighted by Gasteiger charge is 2.23. The molecule has 8 nitrogen and oxygen atoms in total. The van der Waals surface area contributed by atoms with Gasteiger partial charge < -0.3 is 14.3 Å². The average Bonchev–Trinajstić information content (AvgIpc) is 3.28. The number of aromatic nitrogens is 3. The van der Waals surface area contributed by atoms with Crippen molar-refractivity contribution in [1.82, 2.24) is 20.0 Å². The summed E-state index contributed by atoms with van der Waals surface area (Å²) in [5.41, 5.74) is 5.32. The van der Waals surface area contributed by atoms with Gasteiger partial charge in [-0.25, -0.2) is 0 Å². The number of hydrogen-bond donors (Lipinski definition) is 0. The van der Waals surface area contributed by atoms with Gasteiger partial charge in [0, 0.05) is 69.2 Å². The highest BCUT2D eigenvalue weighted by Crippen LogP contribution is 2.23. The third-order valence-corrected chi connectivity index (χ3v) is 5.77. The van der Waals surface area contributed by atoms with Crippen molar-refractivity contribution in [1.29, 1.82) is 0 Å². The third-order valence-electron chi connectivity index (χ3n) is 5.77. The molecule has 4 rings (SSSR count). The molecule has 1 saturated heterocycles. The third kappa shape index (κ3) is 4.85. The first-order valence-electron chi connectivity index (χ1n) is 10.8. The summed E-state index contributed by atoms with van der Waals surface area (Å²) in [7, 11) is 0. The van der Waals surface area contributed by atoms with Gasteiger partial charge in [-0.15, -0.1) is 0 Å². The number of ketones is 1. The first kappa shape index (κ1) is 21.7. The van der Waals surface area contributed by atoms with Gasteiger partial charge in [-0.1, -0.05) is 11.2 Å². The van der Waals surface area contributed by atoms with Gasteiger partial charge in [0.1, 0.15) is 0 Å². The Morgan fingerprint density at radius 3 is 2.53 bits per heavy atom. The number of hydrogen-bond acceptors (Lipinski definition) is 7. The summed E-state index contributed by atoms with van der Waals surface area (Å²) >= 11 is 0. The maximum absolute atomic E-state index is 12.6. The van der Waals surface area contributed by atoms with Crippen LogP contribution in [0.5, 0.6) is 0 Å². The average molecular weight is 434 g/mol. The second-order valence-corrected chi connectivity index (χ2v) is 8.16.